The molecule has 0 aliphatic carbocycles. The summed E-state index contributed by atoms with van der Waals surface area (Å²) in [6, 6.07) is 8.78. The summed E-state index contributed by atoms with van der Waals surface area (Å²) < 4.78 is 10.6. The number of halogens is 1. The minimum absolute atomic E-state index is 0.0840. The third-order valence-electron chi connectivity index (χ3n) is 3.72. The zero-order chi connectivity index (χ0) is 18.7. The van der Waals surface area contributed by atoms with Crippen LogP contribution in [-0.2, 0) is 20.9 Å². The molecule has 1 aromatic carbocycles. The van der Waals surface area contributed by atoms with Gasteiger partial charge in [-0.2, -0.15) is 0 Å². The molecule has 0 saturated carbocycles. The standard InChI is InChI=1S/C19H28ClNO4/c1-4-24-18(22)17(15(2)3)21(13-9-8-12-20)19(23)25-14-16-10-6-5-7-11-16/h5-7,10-11,15,17H,4,8-9,12-14H2,1-3H3/t17-/m0/s1. The third-order valence-corrected chi connectivity index (χ3v) is 3.98. The number of rotatable bonds is 10. The number of nitrogens with zero attached hydrogens (tertiary/aromatic N) is 1. The zero-order valence-electron chi connectivity index (χ0n) is 15.2. The Bertz CT molecular complexity index is 521. The van der Waals surface area contributed by atoms with Crippen molar-refractivity contribution in [1.29, 1.82) is 0 Å². The molecule has 140 valence electrons. The molecular formula is C19H28ClNO4. The fourth-order valence-electron chi connectivity index (χ4n) is 2.51. The van der Waals surface area contributed by atoms with Gasteiger partial charge in [0.15, 0.2) is 0 Å². The fourth-order valence-corrected chi connectivity index (χ4v) is 2.70. The topological polar surface area (TPSA) is 55.8 Å². The Morgan fingerprint density at radius 1 is 1.12 bits per heavy atom. The van der Waals surface area contributed by atoms with E-state index in [-0.39, 0.29) is 19.1 Å². The maximum Gasteiger partial charge on any atom is 0.410 e. The van der Waals surface area contributed by atoms with E-state index in [0.29, 0.717) is 18.8 Å². The van der Waals surface area contributed by atoms with E-state index in [4.69, 9.17) is 21.1 Å². The van der Waals surface area contributed by atoms with Crippen LogP contribution in [0.25, 0.3) is 0 Å². The van der Waals surface area contributed by atoms with Gasteiger partial charge in [-0.15, -0.1) is 11.6 Å². The predicted molar refractivity (Wildman–Crippen MR) is 98.5 cm³/mol. The van der Waals surface area contributed by atoms with Gasteiger partial charge in [0.05, 0.1) is 6.61 Å². The van der Waals surface area contributed by atoms with Crippen LogP contribution in [0, 0.1) is 5.92 Å². The molecule has 1 rings (SSSR count). The number of hydrogen-bond acceptors (Lipinski definition) is 4. The SMILES string of the molecule is CCOC(=O)[C@H](C(C)C)N(CCCCCl)C(=O)OCc1ccccc1. The number of esters is 1. The number of amides is 1. The molecule has 5 nitrogen and oxygen atoms in total. The molecule has 1 amide bonds. The van der Waals surface area contributed by atoms with Crippen LogP contribution in [0.15, 0.2) is 30.3 Å². The number of benzene rings is 1. The van der Waals surface area contributed by atoms with Crippen molar-refractivity contribution >= 4 is 23.7 Å². The molecule has 0 unspecified atom stereocenters. The van der Waals surface area contributed by atoms with Gasteiger partial charge in [-0.25, -0.2) is 9.59 Å². The molecule has 0 spiro atoms. The van der Waals surface area contributed by atoms with Crippen molar-refractivity contribution in [3.8, 4) is 0 Å². The molecule has 0 saturated heterocycles. The summed E-state index contributed by atoms with van der Waals surface area (Å²) in [7, 11) is 0. The molecule has 0 aromatic heterocycles. The Morgan fingerprint density at radius 3 is 2.36 bits per heavy atom. The lowest BCUT2D eigenvalue weighted by molar-refractivity contribution is -0.150. The molecule has 0 bridgehead atoms. The molecule has 0 aliphatic rings. The average Bonchev–Trinajstić information content (AvgIpc) is 2.59. The first-order valence-electron chi connectivity index (χ1n) is 8.71. The number of hydrogen-bond donors (Lipinski definition) is 0. The smallest absolute Gasteiger partial charge is 0.410 e. The first kappa shape index (κ1) is 21.3. The van der Waals surface area contributed by atoms with Gasteiger partial charge in [0, 0.05) is 12.4 Å². The minimum Gasteiger partial charge on any atom is -0.464 e. The normalized spacial score (nSPS) is 11.9. The molecular weight excluding hydrogens is 342 g/mol. The van der Waals surface area contributed by atoms with Crippen molar-refractivity contribution in [2.24, 2.45) is 5.92 Å². The van der Waals surface area contributed by atoms with Gasteiger partial charge in [-0.3, -0.25) is 4.90 Å². The number of carbonyl (C=O) groups excluding carboxylic acids is 2. The van der Waals surface area contributed by atoms with Crippen LogP contribution in [-0.4, -0.2) is 42.0 Å². The molecule has 1 aromatic rings. The molecule has 1 atom stereocenters. The highest BCUT2D eigenvalue weighted by Gasteiger charge is 2.34. The van der Waals surface area contributed by atoms with Crippen LogP contribution in [0.3, 0.4) is 0 Å². The van der Waals surface area contributed by atoms with Gasteiger partial charge in [0.1, 0.15) is 12.6 Å². The second-order valence-corrected chi connectivity index (χ2v) is 6.45. The Balaban J connectivity index is 2.84. The molecule has 0 fully saturated rings. The van der Waals surface area contributed by atoms with E-state index < -0.39 is 18.1 Å². The van der Waals surface area contributed by atoms with Crippen molar-refractivity contribution in [3.63, 3.8) is 0 Å². The minimum atomic E-state index is -0.668. The summed E-state index contributed by atoms with van der Waals surface area (Å²) in [5, 5.41) is 0. The average molecular weight is 370 g/mol. The van der Waals surface area contributed by atoms with Crippen LogP contribution in [0.1, 0.15) is 39.2 Å². The summed E-state index contributed by atoms with van der Waals surface area (Å²) in [6.45, 7) is 6.38. The first-order chi connectivity index (χ1) is 12.0. The van der Waals surface area contributed by atoms with Crippen molar-refractivity contribution in [3.05, 3.63) is 35.9 Å². The molecule has 0 radical (unpaired) electrons. The van der Waals surface area contributed by atoms with Crippen molar-refractivity contribution in [2.45, 2.75) is 46.3 Å². The van der Waals surface area contributed by atoms with Gasteiger partial charge in [-0.1, -0.05) is 44.2 Å². The lowest BCUT2D eigenvalue weighted by Gasteiger charge is -2.32. The summed E-state index contributed by atoms with van der Waals surface area (Å²) in [5.74, 6) is 0.0259. The van der Waals surface area contributed by atoms with E-state index in [0.717, 1.165) is 12.0 Å². The number of unbranched alkanes of at least 4 members (excludes halogenated alkanes) is 1. The zero-order valence-corrected chi connectivity index (χ0v) is 16.0. The molecule has 6 heteroatoms. The van der Waals surface area contributed by atoms with E-state index in [1.54, 1.807) is 6.92 Å². The lowest BCUT2D eigenvalue weighted by atomic mass is 10.0. The summed E-state index contributed by atoms with van der Waals surface area (Å²) in [5.41, 5.74) is 0.897. The predicted octanol–water partition coefficient (Wildman–Crippen LogP) is 4.23. The number of ether oxygens (including phenoxy) is 2. The van der Waals surface area contributed by atoms with Gasteiger partial charge < -0.3 is 9.47 Å². The highest BCUT2D eigenvalue weighted by atomic mass is 35.5. The first-order valence-corrected chi connectivity index (χ1v) is 9.24. The summed E-state index contributed by atoms with van der Waals surface area (Å²) in [4.78, 5) is 26.4. The van der Waals surface area contributed by atoms with Crippen molar-refractivity contribution in [1.82, 2.24) is 4.90 Å². The number of alkyl halides is 1. The van der Waals surface area contributed by atoms with Crippen LogP contribution < -0.4 is 0 Å². The largest absolute Gasteiger partial charge is 0.464 e. The Morgan fingerprint density at radius 2 is 1.80 bits per heavy atom. The van der Waals surface area contributed by atoms with E-state index in [1.807, 2.05) is 44.2 Å². The van der Waals surface area contributed by atoms with E-state index in [1.165, 1.54) is 4.90 Å². The van der Waals surface area contributed by atoms with E-state index >= 15 is 0 Å². The van der Waals surface area contributed by atoms with E-state index in [9.17, 15) is 9.59 Å². The monoisotopic (exact) mass is 369 g/mol. The molecule has 0 heterocycles. The van der Waals surface area contributed by atoms with Crippen molar-refractivity contribution < 1.29 is 19.1 Å². The fraction of sp³-hybridized carbons (Fsp3) is 0.579. The van der Waals surface area contributed by atoms with E-state index in [2.05, 4.69) is 0 Å². The molecule has 0 N–H and O–H groups in total. The number of carbonyl (C=O) groups is 2. The second-order valence-electron chi connectivity index (χ2n) is 6.07. The Kier molecular flexibility index (Phi) is 10.0. The highest BCUT2D eigenvalue weighted by Crippen LogP contribution is 2.17. The van der Waals surface area contributed by atoms with Gasteiger partial charge in [0.25, 0.3) is 0 Å². The van der Waals surface area contributed by atoms with Crippen LogP contribution >= 0.6 is 11.6 Å². The summed E-state index contributed by atoms with van der Waals surface area (Å²) in [6.07, 6.45) is 0.953. The second kappa shape index (κ2) is 11.7. The van der Waals surface area contributed by atoms with Crippen molar-refractivity contribution in [2.75, 3.05) is 19.0 Å². The Labute approximate surface area is 155 Å². The maximum absolute atomic E-state index is 12.6. The van der Waals surface area contributed by atoms with Crippen LogP contribution in [0.2, 0.25) is 0 Å². The van der Waals surface area contributed by atoms with Gasteiger partial charge in [-0.05, 0) is 31.2 Å². The van der Waals surface area contributed by atoms with Crippen LogP contribution in [0.5, 0.6) is 0 Å². The third kappa shape index (κ3) is 7.34. The Hall–Kier alpha value is -1.75. The molecule has 25 heavy (non-hydrogen) atoms. The molecule has 0 aliphatic heterocycles. The van der Waals surface area contributed by atoms with Gasteiger partial charge >= 0.3 is 12.1 Å². The quantitative estimate of drug-likeness (QED) is 0.352. The lowest BCUT2D eigenvalue weighted by Crippen LogP contribution is -2.49. The van der Waals surface area contributed by atoms with Gasteiger partial charge in [0.2, 0.25) is 0 Å². The summed E-state index contributed by atoms with van der Waals surface area (Å²) >= 11 is 5.73. The maximum atomic E-state index is 12.6. The van der Waals surface area contributed by atoms with Crippen LogP contribution in [0.4, 0.5) is 4.79 Å². The highest BCUT2D eigenvalue weighted by molar-refractivity contribution is 6.17.